The molecule has 1 amide bonds. The third kappa shape index (κ3) is 3.12. The van der Waals surface area contributed by atoms with Crippen molar-refractivity contribution < 1.29 is 19.1 Å². The molecule has 1 heterocycles. The molecular weight excluding hydrogens is 281 g/mol. The molecule has 108 valence electrons. The van der Waals surface area contributed by atoms with Gasteiger partial charge in [-0.2, -0.15) is 0 Å². The van der Waals surface area contributed by atoms with Crippen molar-refractivity contribution in [2.45, 2.75) is 17.7 Å². The lowest BCUT2D eigenvalue weighted by Crippen LogP contribution is -2.42. The van der Waals surface area contributed by atoms with Gasteiger partial charge in [0.15, 0.2) is 0 Å². The topological polar surface area (TPSA) is 57.6 Å². The average Bonchev–Trinajstić information content (AvgIpc) is 2.47. The molecule has 2 rings (SSSR count). The van der Waals surface area contributed by atoms with Crippen molar-refractivity contribution in [3.8, 4) is 0 Å². The van der Waals surface area contributed by atoms with E-state index in [9.17, 15) is 14.0 Å². The third-order valence-electron chi connectivity index (χ3n) is 3.46. The van der Waals surface area contributed by atoms with Gasteiger partial charge in [0.2, 0.25) is 0 Å². The molecule has 4 nitrogen and oxygen atoms in total. The van der Waals surface area contributed by atoms with Gasteiger partial charge in [0.05, 0.1) is 5.92 Å². The number of carboxylic acid groups (broad SMARTS) is 1. The number of aliphatic carboxylic acids is 1. The molecule has 0 unspecified atom stereocenters. The Morgan fingerprint density at radius 3 is 2.85 bits per heavy atom. The standard InChI is InChI=1S/C14H16FNO3S/c1-20-12-7-9(4-5-11(12)15)13(17)16-6-2-3-10(8-16)14(18)19/h4-5,7,10H,2-3,6,8H2,1H3,(H,18,19)/t10-/m0/s1. The number of hydrogen-bond acceptors (Lipinski definition) is 3. The second-order valence-corrected chi connectivity index (χ2v) is 5.63. The molecule has 0 aromatic heterocycles. The summed E-state index contributed by atoms with van der Waals surface area (Å²) in [4.78, 5) is 25.3. The van der Waals surface area contributed by atoms with Crippen LogP contribution in [0.4, 0.5) is 4.39 Å². The number of benzene rings is 1. The lowest BCUT2D eigenvalue weighted by Gasteiger charge is -2.30. The van der Waals surface area contributed by atoms with E-state index in [4.69, 9.17) is 5.11 Å². The van der Waals surface area contributed by atoms with Crippen LogP contribution in [0, 0.1) is 11.7 Å². The first-order chi connectivity index (χ1) is 9.52. The van der Waals surface area contributed by atoms with Crippen LogP contribution in [-0.2, 0) is 4.79 Å². The summed E-state index contributed by atoms with van der Waals surface area (Å²) in [6.45, 7) is 0.773. The van der Waals surface area contributed by atoms with Gasteiger partial charge in [0.1, 0.15) is 5.82 Å². The molecule has 0 radical (unpaired) electrons. The maximum Gasteiger partial charge on any atom is 0.308 e. The summed E-state index contributed by atoms with van der Waals surface area (Å²) < 4.78 is 13.4. The van der Waals surface area contributed by atoms with E-state index in [1.54, 1.807) is 11.2 Å². The Morgan fingerprint density at radius 1 is 1.45 bits per heavy atom. The molecule has 20 heavy (non-hydrogen) atoms. The van der Waals surface area contributed by atoms with Crippen LogP contribution < -0.4 is 0 Å². The van der Waals surface area contributed by atoms with Crippen molar-refractivity contribution in [2.24, 2.45) is 5.92 Å². The monoisotopic (exact) mass is 297 g/mol. The van der Waals surface area contributed by atoms with Crippen molar-refractivity contribution in [1.29, 1.82) is 0 Å². The molecule has 0 bridgehead atoms. The smallest absolute Gasteiger partial charge is 0.308 e. The fourth-order valence-corrected chi connectivity index (χ4v) is 2.85. The summed E-state index contributed by atoms with van der Waals surface area (Å²) in [5.74, 6) is -1.96. The Hall–Kier alpha value is -1.56. The predicted molar refractivity (Wildman–Crippen MR) is 74.4 cm³/mol. The SMILES string of the molecule is CSc1cc(C(=O)N2CCC[C@H](C(=O)O)C2)ccc1F. The molecule has 1 saturated heterocycles. The van der Waals surface area contributed by atoms with Crippen molar-refractivity contribution >= 4 is 23.6 Å². The number of carbonyl (C=O) groups is 2. The zero-order valence-electron chi connectivity index (χ0n) is 11.1. The highest BCUT2D eigenvalue weighted by Gasteiger charge is 2.28. The Morgan fingerprint density at radius 2 is 2.20 bits per heavy atom. The molecule has 1 atom stereocenters. The largest absolute Gasteiger partial charge is 0.481 e. The first kappa shape index (κ1) is 14.8. The molecule has 0 saturated carbocycles. The molecule has 1 aliphatic heterocycles. The molecule has 1 aliphatic rings. The Balaban J connectivity index is 2.16. The highest BCUT2D eigenvalue weighted by molar-refractivity contribution is 7.98. The van der Waals surface area contributed by atoms with Crippen LogP contribution in [0.2, 0.25) is 0 Å². The van der Waals surface area contributed by atoms with Crippen LogP contribution in [-0.4, -0.2) is 41.2 Å². The fraction of sp³-hybridized carbons (Fsp3) is 0.429. The van der Waals surface area contributed by atoms with Crippen molar-refractivity contribution in [1.82, 2.24) is 4.90 Å². The van der Waals surface area contributed by atoms with Crippen molar-refractivity contribution in [3.63, 3.8) is 0 Å². The molecule has 0 spiro atoms. The maximum atomic E-state index is 13.4. The second kappa shape index (κ2) is 6.26. The summed E-state index contributed by atoms with van der Waals surface area (Å²) in [5.41, 5.74) is 0.404. The van der Waals surface area contributed by atoms with Gasteiger partial charge in [-0.05, 0) is 37.3 Å². The van der Waals surface area contributed by atoms with E-state index in [1.807, 2.05) is 0 Å². The second-order valence-electron chi connectivity index (χ2n) is 4.78. The van der Waals surface area contributed by atoms with E-state index in [2.05, 4.69) is 0 Å². The van der Waals surface area contributed by atoms with Gasteiger partial charge in [0, 0.05) is 23.5 Å². The lowest BCUT2D eigenvalue weighted by molar-refractivity contribution is -0.143. The van der Waals surface area contributed by atoms with Crippen LogP contribution in [0.1, 0.15) is 23.2 Å². The van der Waals surface area contributed by atoms with E-state index in [0.717, 1.165) is 0 Å². The lowest BCUT2D eigenvalue weighted by atomic mass is 9.97. The Labute approximate surface area is 121 Å². The third-order valence-corrected chi connectivity index (χ3v) is 4.21. The van der Waals surface area contributed by atoms with Gasteiger partial charge in [-0.25, -0.2) is 4.39 Å². The average molecular weight is 297 g/mol. The van der Waals surface area contributed by atoms with Gasteiger partial charge >= 0.3 is 5.97 Å². The van der Waals surface area contributed by atoms with Crippen LogP contribution in [0.25, 0.3) is 0 Å². The fourth-order valence-electron chi connectivity index (χ4n) is 2.34. The zero-order chi connectivity index (χ0) is 14.7. The molecular formula is C14H16FNO3S. The quantitative estimate of drug-likeness (QED) is 0.871. The van der Waals surface area contributed by atoms with Gasteiger partial charge in [-0.3, -0.25) is 9.59 Å². The molecule has 6 heteroatoms. The molecule has 1 aromatic carbocycles. The summed E-state index contributed by atoms with van der Waals surface area (Å²) in [5, 5.41) is 9.04. The summed E-state index contributed by atoms with van der Waals surface area (Å²) in [6.07, 6.45) is 3.02. The van der Waals surface area contributed by atoms with Crippen LogP contribution in [0.15, 0.2) is 23.1 Å². The zero-order valence-corrected chi connectivity index (χ0v) is 12.0. The van der Waals surface area contributed by atoms with E-state index in [1.165, 1.54) is 30.0 Å². The maximum absolute atomic E-state index is 13.4. The first-order valence-electron chi connectivity index (χ1n) is 6.38. The van der Waals surface area contributed by atoms with Crippen molar-refractivity contribution in [3.05, 3.63) is 29.6 Å². The number of piperidine rings is 1. The minimum absolute atomic E-state index is 0.222. The van der Waals surface area contributed by atoms with E-state index in [-0.39, 0.29) is 18.3 Å². The Bertz CT molecular complexity index is 535. The van der Waals surface area contributed by atoms with Gasteiger partial charge in [0.25, 0.3) is 5.91 Å². The highest BCUT2D eigenvalue weighted by atomic mass is 32.2. The van der Waals surface area contributed by atoms with Gasteiger partial charge in [-0.15, -0.1) is 11.8 Å². The number of halogens is 1. The number of thioether (sulfide) groups is 1. The van der Waals surface area contributed by atoms with Gasteiger partial charge < -0.3 is 10.0 Å². The summed E-state index contributed by atoms with van der Waals surface area (Å²) >= 11 is 1.24. The number of hydrogen-bond donors (Lipinski definition) is 1. The van der Waals surface area contributed by atoms with E-state index >= 15 is 0 Å². The minimum atomic E-state index is -0.869. The van der Waals surface area contributed by atoms with E-state index in [0.29, 0.717) is 29.8 Å². The number of nitrogens with zero attached hydrogens (tertiary/aromatic N) is 1. The summed E-state index contributed by atoms with van der Waals surface area (Å²) in [7, 11) is 0. The first-order valence-corrected chi connectivity index (χ1v) is 7.61. The number of rotatable bonds is 3. The van der Waals surface area contributed by atoms with Crippen molar-refractivity contribution in [2.75, 3.05) is 19.3 Å². The predicted octanol–water partition coefficient (Wildman–Crippen LogP) is 2.48. The van der Waals surface area contributed by atoms with E-state index < -0.39 is 11.9 Å². The molecule has 1 aromatic rings. The Kier molecular flexibility index (Phi) is 4.65. The molecule has 1 N–H and O–H groups in total. The molecule has 0 aliphatic carbocycles. The minimum Gasteiger partial charge on any atom is -0.481 e. The van der Waals surface area contributed by atoms with Crippen LogP contribution in [0.3, 0.4) is 0 Å². The molecule has 1 fully saturated rings. The number of carbonyl (C=O) groups excluding carboxylic acids is 1. The highest BCUT2D eigenvalue weighted by Crippen LogP contribution is 2.23. The van der Waals surface area contributed by atoms with Gasteiger partial charge in [-0.1, -0.05) is 0 Å². The normalized spacial score (nSPS) is 18.9. The summed E-state index contributed by atoms with van der Waals surface area (Å²) in [6, 6.07) is 4.24. The number of carboxylic acids is 1. The van der Waals surface area contributed by atoms with Crippen LogP contribution >= 0.6 is 11.8 Å². The number of likely N-dealkylation sites (tertiary alicyclic amines) is 1. The van der Waals surface area contributed by atoms with Crippen LogP contribution in [0.5, 0.6) is 0 Å². The number of amides is 1.